The molecule has 7 heteroatoms. The number of nitrogens with zero attached hydrogens (tertiary/aromatic N) is 6. The average Bonchev–Trinajstić information content (AvgIpc) is 3.23. The van der Waals surface area contributed by atoms with E-state index in [1.165, 1.54) is 18.4 Å². The normalized spacial score (nSPS) is 20.0. The van der Waals surface area contributed by atoms with Crippen LogP contribution in [0.15, 0.2) is 34.9 Å². The molecule has 0 spiro atoms. The van der Waals surface area contributed by atoms with E-state index < -0.39 is 0 Å². The predicted octanol–water partition coefficient (Wildman–Crippen LogP) is 3.46. The van der Waals surface area contributed by atoms with Crippen molar-refractivity contribution >= 4 is 0 Å². The van der Waals surface area contributed by atoms with Gasteiger partial charge in [-0.2, -0.15) is 4.98 Å². The molecule has 1 atom stereocenters. The molecule has 3 heterocycles. The summed E-state index contributed by atoms with van der Waals surface area (Å²) in [6, 6.07) is 10.6. The Hall–Kier alpha value is -2.54. The molecule has 5 rings (SSSR count). The van der Waals surface area contributed by atoms with Crippen molar-refractivity contribution in [3.8, 4) is 0 Å². The van der Waals surface area contributed by atoms with Crippen LogP contribution in [0.2, 0.25) is 0 Å². The second kappa shape index (κ2) is 7.06. The Morgan fingerprint density at radius 3 is 2.69 bits per heavy atom. The fourth-order valence-electron chi connectivity index (χ4n) is 4.25. The number of aryl methyl sites for hydroxylation is 1. The number of hydrogen-bond acceptors (Lipinski definition) is 6. The lowest BCUT2D eigenvalue weighted by Crippen LogP contribution is -2.39. The monoisotopic (exact) mass is 392 g/mol. The van der Waals surface area contributed by atoms with E-state index in [9.17, 15) is 0 Å². The zero-order chi connectivity index (χ0) is 20.0. The first-order chi connectivity index (χ1) is 14.0. The summed E-state index contributed by atoms with van der Waals surface area (Å²) >= 11 is 0. The van der Waals surface area contributed by atoms with Gasteiger partial charge in [-0.15, -0.1) is 10.2 Å². The molecule has 1 aliphatic carbocycles. The van der Waals surface area contributed by atoms with Crippen LogP contribution < -0.4 is 0 Å². The Morgan fingerprint density at radius 1 is 1.14 bits per heavy atom. The zero-order valence-electron chi connectivity index (χ0n) is 17.4. The molecule has 0 radical (unpaired) electrons. The van der Waals surface area contributed by atoms with Gasteiger partial charge in [0.25, 0.3) is 0 Å². The van der Waals surface area contributed by atoms with Crippen LogP contribution in [-0.4, -0.2) is 36.3 Å². The molecule has 1 aliphatic heterocycles. The molecule has 7 nitrogen and oxygen atoms in total. The van der Waals surface area contributed by atoms with Crippen molar-refractivity contribution in [2.45, 2.75) is 64.6 Å². The second-order valence-corrected chi connectivity index (χ2v) is 9.17. The van der Waals surface area contributed by atoms with E-state index >= 15 is 0 Å². The zero-order valence-corrected chi connectivity index (χ0v) is 17.4. The molecule has 152 valence electrons. The van der Waals surface area contributed by atoms with Gasteiger partial charge in [0, 0.05) is 12.0 Å². The topological polar surface area (TPSA) is 72.9 Å². The van der Waals surface area contributed by atoms with Gasteiger partial charge in [-0.1, -0.05) is 49.3 Å². The highest BCUT2D eigenvalue weighted by molar-refractivity contribution is 5.20. The highest BCUT2D eigenvalue weighted by atomic mass is 16.5. The minimum absolute atomic E-state index is 0.0755. The number of hydrogen-bond donors (Lipinski definition) is 0. The fourth-order valence-corrected chi connectivity index (χ4v) is 4.25. The number of fused-ring (bicyclic) bond motifs is 1. The standard InChI is InChI=1S/C22H28N6O/c1-15-24-25-19-14-27(12-17-9-10-17)18(13-28(15)19)20-23-21(26-29-20)22(2,3)11-16-7-5-4-6-8-16/h4-8,17-18H,9-14H2,1-3H3. The van der Waals surface area contributed by atoms with Crippen LogP contribution in [0.5, 0.6) is 0 Å². The van der Waals surface area contributed by atoms with Crippen molar-refractivity contribution in [1.29, 1.82) is 0 Å². The highest BCUT2D eigenvalue weighted by Crippen LogP contribution is 2.36. The number of aromatic nitrogens is 5. The maximum atomic E-state index is 5.83. The first-order valence-corrected chi connectivity index (χ1v) is 10.5. The molecule has 29 heavy (non-hydrogen) atoms. The lowest BCUT2D eigenvalue weighted by Gasteiger charge is -2.33. The highest BCUT2D eigenvalue weighted by Gasteiger charge is 2.38. The molecule has 0 saturated heterocycles. The van der Waals surface area contributed by atoms with Crippen LogP contribution in [-0.2, 0) is 24.9 Å². The van der Waals surface area contributed by atoms with Crippen LogP contribution in [0.25, 0.3) is 0 Å². The molecule has 1 aromatic carbocycles. The Kier molecular flexibility index (Phi) is 4.50. The van der Waals surface area contributed by atoms with E-state index in [1.54, 1.807) is 0 Å². The molecule has 0 N–H and O–H groups in total. The van der Waals surface area contributed by atoms with Crippen molar-refractivity contribution in [2.75, 3.05) is 6.54 Å². The quantitative estimate of drug-likeness (QED) is 0.640. The van der Waals surface area contributed by atoms with Gasteiger partial charge in [0.1, 0.15) is 17.7 Å². The Bertz CT molecular complexity index is 988. The number of benzene rings is 1. The molecule has 2 aliphatic rings. The van der Waals surface area contributed by atoms with Gasteiger partial charge >= 0.3 is 0 Å². The van der Waals surface area contributed by atoms with Crippen LogP contribution >= 0.6 is 0 Å². The minimum atomic E-state index is -0.198. The van der Waals surface area contributed by atoms with E-state index in [0.29, 0.717) is 5.89 Å². The number of rotatable bonds is 6. The van der Waals surface area contributed by atoms with E-state index in [-0.39, 0.29) is 11.5 Å². The van der Waals surface area contributed by atoms with Gasteiger partial charge < -0.3 is 9.09 Å². The van der Waals surface area contributed by atoms with Crippen molar-refractivity contribution in [3.05, 3.63) is 59.3 Å². The van der Waals surface area contributed by atoms with Gasteiger partial charge in [0.2, 0.25) is 5.89 Å². The molecule has 1 saturated carbocycles. The molecule has 3 aromatic rings. The maximum absolute atomic E-state index is 5.83. The predicted molar refractivity (Wildman–Crippen MR) is 108 cm³/mol. The third-order valence-corrected chi connectivity index (χ3v) is 6.16. The Morgan fingerprint density at radius 2 is 1.93 bits per heavy atom. The van der Waals surface area contributed by atoms with Crippen molar-refractivity contribution < 1.29 is 4.52 Å². The van der Waals surface area contributed by atoms with E-state index in [1.807, 2.05) is 13.0 Å². The van der Waals surface area contributed by atoms with E-state index in [2.05, 4.69) is 62.9 Å². The molecule has 1 fully saturated rings. The van der Waals surface area contributed by atoms with Crippen LogP contribution in [0, 0.1) is 12.8 Å². The molecule has 1 unspecified atom stereocenters. The van der Waals surface area contributed by atoms with Gasteiger partial charge in [0.15, 0.2) is 5.82 Å². The summed E-state index contributed by atoms with van der Waals surface area (Å²) in [5.41, 5.74) is 1.08. The van der Waals surface area contributed by atoms with Crippen LogP contribution in [0.3, 0.4) is 0 Å². The lowest BCUT2D eigenvalue weighted by atomic mass is 9.85. The summed E-state index contributed by atoms with van der Waals surface area (Å²) in [6.07, 6.45) is 3.50. The first kappa shape index (κ1) is 18.5. The SMILES string of the molecule is Cc1nnc2n1CC(c1nc(C(C)(C)Cc3ccccc3)no1)N(CC1CC1)C2. The van der Waals surface area contributed by atoms with Crippen molar-refractivity contribution in [2.24, 2.45) is 5.92 Å². The van der Waals surface area contributed by atoms with Gasteiger partial charge in [-0.05, 0) is 37.7 Å². The smallest absolute Gasteiger partial charge is 0.245 e. The van der Waals surface area contributed by atoms with Crippen LogP contribution in [0.4, 0.5) is 0 Å². The average molecular weight is 393 g/mol. The molecular formula is C22H28N6O. The second-order valence-electron chi connectivity index (χ2n) is 9.17. The summed E-state index contributed by atoms with van der Waals surface area (Å²) in [5, 5.41) is 13.0. The summed E-state index contributed by atoms with van der Waals surface area (Å²) in [4.78, 5) is 7.34. The third-order valence-electron chi connectivity index (χ3n) is 6.16. The summed E-state index contributed by atoms with van der Waals surface area (Å²) < 4.78 is 8.02. The Labute approximate surface area is 171 Å². The van der Waals surface area contributed by atoms with E-state index in [0.717, 1.165) is 49.4 Å². The van der Waals surface area contributed by atoms with Gasteiger partial charge in [-0.25, -0.2) is 0 Å². The summed E-state index contributed by atoms with van der Waals surface area (Å²) in [5.74, 6) is 4.24. The molecule has 0 bridgehead atoms. The fraction of sp³-hybridized carbons (Fsp3) is 0.545. The van der Waals surface area contributed by atoms with Gasteiger partial charge in [-0.3, -0.25) is 4.90 Å². The first-order valence-electron chi connectivity index (χ1n) is 10.5. The molecule has 2 aromatic heterocycles. The molecular weight excluding hydrogens is 364 g/mol. The van der Waals surface area contributed by atoms with Crippen molar-refractivity contribution in [3.63, 3.8) is 0 Å². The summed E-state index contributed by atoms with van der Waals surface area (Å²) in [6.45, 7) is 8.97. The third kappa shape index (κ3) is 3.71. The van der Waals surface area contributed by atoms with Crippen molar-refractivity contribution in [1.82, 2.24) is 29.8 Å². The largest absolute Gasteiger partial charge is 0.338 e. The van der Waals surface area contributed by atoms with E-state index in [4.69, 9.17) is 9.51 Å². The lowest BCUT2D eigenvalue weighted by molar-refractivity contribution is 0.102. The molecule has 0 amide bonds. The Balaban J connectivity index is 1.41. The van der Waals surface area contributed by atoms with Gasteiger partial charge in [0.05, 0.1) is 13.1 Å². The summed E-state index contributed by atoms with van der Waals surface area (Å²) in [7, 11) is 0. The van der Waals surface area contributed by atoms with Crippen LogP contribution in [0.1, 0.15) is 61.7 Å². The maximum Gasteiger partial charge on any atom is 0.245 e. The minimum Gasteiger partial charge on any atom is -0.338 e.